The Labute approximate surface area is 175 Å². The molecular formula is C20H20N2O9. The Hall–Kier alpha value is -3.99. The molecule has 2 atom stereocenters. The molecule has 1 unspecified atom stereocenters. The van der Waals surface area contributed by atoms with Crippen molar-refractivity contribution >= 4 is 29.7 Å². The summed E-state index contributed by atoms with van der Waals surface area (Å²) in [6.07, 6.45) is -2.87. The number of amidine groups is 1. The van der Waals surface area contributed by atoms with E-state index in [1.165, 1.54) is 43.3 Å². The first-order chi connectivity index (χ1) is 14.6. The molecule has 1 aromatic heterocycles. The van der Waals surface area contributed by atoms with Crippen molar-refractivity contribution in [2.75, 3.05) is 0 Å². The molecule has 0 saturated carbocycles. The van der Waals surface area contributed by atoms with Crippen LogP contribution in [0, 0.1) is 11.3 Å². The molecule has 0 aliphatic rings. The third kappa shape index (κ3) is 6.78. The van der Waals surface area contributed by atoms with E-state index in [1.807, 2.05) is 0 Å². The molecule has 31 heavy (non-hydrogen) atoms. The predicted octanol–water partition coefficient (Wildman–Crippen LogP) is 0.867. The van der Waals surface area contributed by atoms with Gasteiger partial charge in [-0.25, -0.2) is 9.59 Å². The second-order valence-electron chi connectivity index (χ2n) is 6.55. The lowest BCUT2D eigenvalue weighted by Crippen LogP contribution is -2.30. The minimum absolute atomic E-state index is 0.0261. The van der Waals surface area contributed by atoms with Crippen molar-refractivity contribution < 1.29 is 43.3 Å². The summed E-state index contributed by atoms with van der Waals surface area (Å²) in [6.45, 7) is 1.43. The van der Waals surface area contributed by atoms with E-state index in [4.69, 9.17) is 25.4 Å². The van der Waals surface area contributed by atoms with E-state index >= 15 is 0 Å². The van der Waals surface area contributed by atoms with Crippen molar-refractivity contribution in [3.05, 3.63) is 53.5 Å². The zero-order valence-corrected chi connectivity index (χ0v) is 16.4. The van der Waals surface area contributed by atoms with Gasteiger partial charge in [-0.15, -0.1) is 0 Å². The van der Waals surface area contributed by atoms with Crippen LogP contribution in [0.15, 0.2) is 40.8 Å². The van der Waals surface area contributed by atoms with Gasteiger partial charge in [0.2, 0.25) is 5.76 Å². The number of carbonyl (C=O) groups excluding carboxylic acids is 3. The largest absolute Gasteiger partial charge is 0.481 e. The van der Waals surface area contributed by atoms with Crippen LogP contribution in [-0.4, -0.2) is 46.0 Å². The molecule has 1 heterocycles. The SMILES string of the molecule is CC(Cc1ccc(C(=O)Oc2ccc(C(=N)N)cc2)o1)C(=O)OC(=O)[C@H](O)CC(=O)O. The molecule has 11 heteroatoms. The summed E-state index contributed by atoms with van der Waals surface area (Å²) in [5.41, 5.74) is 5.82. The van der Waals surface area contributed by atoms with Gasteiger partial charge in [-0.2, -0.15) is 0 Å². The third-order valence-electron chi connectivity index (χ3n) is 3.99. The van der Waals surface area contributed by atoms with Gasteiger partial charge in [0.1, 0.15) is 17.3 Å². The van der Waals surface area contributed by atoms with Crippen LogP contribution >= 0.6 is 0 Å². The van der Waals surface area contributed by atoms with Crippen molar-refractivity contribution in [3.8, 4) is 5.75 Å². The number of aliphatic carboxylic acids is 1. The van der Waals surface area contributed by atoms with Gasteiger partial charge in [0, 0.05) is 12.0 Å². The fourth-order valence-electron chi connectivity index (χ4n) is 2.36. The fraction of sp³-hybridized carbons (Fsp3) is 0.250. The van der Waals surface area contributed by atoms with Gasteiger partial charge in [-0.1, -0.05) is 6.92 Å². The van der Waals surface area contributed by atoms with E-state index in [9.17, 15) is 24.3 Å². The Kier molecular flexibility index (Phi) is 7.64. The molecule has 2 rings (SSSR count). The van der Waals surface area contributed by atoms with Crippen LogP contribution < -0.4 is 10.5 Å². The highest BCUT2D eigenvalue weighted by Gasteiger charge is 2.26. The van der Waals surface area contributed by atoms with Crippen molar-refractivity contribution in [3.63, 3.8) is 0 Å². The van der Waals surface area contributed by atoms with Crippen LogP contribution in [0.2, 0.25) is 0 Å². The van der Waals surface area contributed by atoms with E-state index < -0.39 is 42.3 Å². The number of benzene rings is 1. The smallest absolute Gasteiger partial charge is 0.379 e. The molecular weight excluding hydrogens is 412 g/mol. The molecule has 0 bridgehead atoms. The predicted molar refractivity (Wildman–Crippen MR) is 103 cm³/mol. The quantitative estimate of drug-likeness (QED) is 0.145. The van der Waals surface area contributed by atoms with Crippen LogP contribution in [0.1, 0.15) is 35.2 Å². The first-order valence-electron chi connectivity index (χ1n) is 8.97. The molecule has 0 radical (unpaired) electrons. The number of nitrogen functional groups attached to an aromatic ring is 1. The number of ether oxygens (including phenoxy) is 2. The average Bonchev–Trinajstić information content (AvgIpc) is 3.16. The number of carboxylic acid groups (broad SMARTS) is 1. The van der Waals surface area contributed by atoms with Gasteiger partial charge in [0.05, 0.1) is 12.3 Å². The number of hydrogen-bond donors (Lipinski definition) is 4. The van der Waals surface area contributed by atoms with Gasteiger partial charge in [0.25, 0.3) is 0 Å². The summed E-state index contributed by atoms with van der Waals surface area (Å²) in [4.78, 5) is 46.1. The highest BCUT2D eigenvalue weighted by Crippen LogP contribution is 2.18. The number of carbonyl (C=O) groups is 4. The van der Waals surface area contributed by atoms with Crippen LogP contribution in [0.3, 0.4) is 0 Å². The second kappa shape index (κ2) is 10.2. The number of furan rings is 1. The van der Waals surface area contributed by atoms with Crippen molar-refractivity contribution in [2.24, 2.45) is 11.7 Å². The van der Waals surface area contributed by atoms with Crippen molar-refractivity contribution in [1.82, 2.24) is 0 Å². The maximum atomic E-state index is 12.2. The normalized spacial score (nSPS) is 12.5. The van der Waals surface area contributed by atoms with Gasteiger partial charge in [0.15, 0.2) is 6.10 Å². The van der Waals surface area contributed by atoms with Gasteiger partial charge >= 0.3 is 23.9 Å². The summed E-state index contributed by atoms with van der Waals surface area (Å²) in [7, 11) is 0. The van der Waals surface area contributed by atoms with E-state index in [2.05, 4.69) is 4.74 Å². The lowest BCUT2D eigenvalue weighted by atomic mass is 10.1. The molecule has 0 amide bonds. The summed E-state index contributed by atoms with van der Waals surface area (Å²) in [6, 6.07) is 8.75. The summed E-state index contributed by atoms with van der Waals surface area (Å²) in [5.74, 6) is -5.24. The van der Waals surface area contributed by atoms with Crippen LogP contribution in [0.25, 0.3) is 0 Å². The number of nitrogens with two attached hydrogens (primary N) is 1. The minimum atomic E-state index is -1.96. The lowest BCUT2D eigenvalue weighted by molar-refractivity contribution is -0.170. The van der Waals surface area contributed by atoms with Gasteiger partial charge in [-0.3, -0.25) is 15.0 Å². The molecule has 164 valence electrons. The van der Waals surface area contributed by atoms with Gasteiger partial charge in [-0.05, 0) is 36.4 Å². The van der Waals surface area contributed by atoms with E-state index in [0.717, 1.165) is 0 Å². The number of aliphatic hydroxyl groups excluding tert-OH is 1. The zero-order valence-electron chi connectivity index (χ0n) is 16.4. The highest BCUT2D eigenvalue weighted by atomic mass is 16.6. The molecule has 0 spiro atoms. The second-order valence-corrected chi connectivity index (χ2v) is 6.55. The minimum Gasteiger partial charge on any atom is -0.481 e. The topological polar surface area (TPSA) is 190 Å². The Bertz CT molecular complexity index is 994. The van der Waals surface area contributed by atoms with E-state index in [1.54, 1.807) is 0 Å². The third-order valence-corrected chi connectivity index (χ3v) is 3.99. The Balaban J connectivity index is 1.91. The van der Waals surface area contributed by atoms with Crippen LogP contribution in [0.5, 0.6) is 5.75 Å². The average molecular weight is 432 g/mol. The van der Waals surface area contributed by atoms with E-state index in [-0.39, 0.29) is 29.5 Å². The molecule has 0 aliphatic carbocycles. The number of hydrogen-bond acceptors (Lipinski definition) is 9. The van der Waals surface area contributed by atoms with Gasteiger partial charge < -0.3 is 29.8 Å². The fourth-order valence-corrected chi connectivity index (χ4v) is 2.36. The monoisotopic (exact) mass is 432 g/mol. The van der Waals surface area contributed by atoms with Crippen molar-refractivity contribution in [2.45, 2.75) is 25.9 Å². The first-order valence-corrected chi connectivity index (χ1v) is 8.97. The van der Waals surface area contributed by atoms with E-state index in [0.29, 0.717) is 5.56 Å². The van der Waals surface area contributed by atoms with Crippen LogP contribution in [-0.2, 0) is 25.5 Å². The zero-order chi connectivity index (χ0) is 23.1. The Morgan fingerprint density at radius 2 is 1.74 bits per heavy atom. The standard InChI is InChI=1S/C20H20N2O9/c1-10(18(26)31-19(27)14(23)9-16(24)25)8-13-6-7-15(29-13)20(28)30-12-4-2-11(3-5-12)17(21)22/h2-7,10,14,23H,8-9H2,1H3,(H3,21,22)(H,24,25)/t10?,14-/m1/s1. The molecule has 1 aromatic carbocycles. The number of carboxylic acids is 1. The molecule has 11 nitrogen and oxygen atoms in total. The van der Waals surface area contributed by atoms with Crippen molar-refractivity contribution in [1.29, 1.82) is 5.41 Å². The number of aliphatic hydroxyl groups is 1. The Morgan fingerprint density at radius 1 is 1.10 bits per heavy atom. The summed E-state index contributed by atoms with van der Waals surface area (Å²) < 4.78 is 15.0. The molecule has 0 fully saturated rings. The highest BCUT2D eigenvalue weighted by molar-refractivity contribution is 5.95. The Morgan fingerprint density at radius 3 is 2.32 bits per heavy atom. The number of esters is 3. The summed E-state index contributed by atoms with van der Waals surface area (Å²) >= 11 is 0. The number of nitrogens with one attached hydrogen (secondary N) is 1. The lowest BCUT2D eigenvalue weighted by Gasteiger charge is -2.11. The summed E-state index contributed by atoms with van der Waals surface area (Å²) in [5, 5.41) is 25.2. The first kappa shape index (κ1) is 23.3. The molecule has 5 N–H and O–H groups in total. The maximum absolute atomic E-state index is 12.2. The van der Waals surface area contributed by atoms with Crippen LogP contribution in [0.4, 0.5) is 0 Å². The molecule has 2 aromatic rings. The number of rotatable bonds is 9. The molecule has 0 aliphatic heterocycles. The maximum Gasteiger partial charge on any atom is 0.379 e. The molecule has 0 saturated heterocycles.